The van der Waals surface area contributed by atoms with Gasteiger partial charge in [-0.15, -0.1) is 0 Å². The lowest BCUT2D eigenvalue weighted by atomic mass is 10.1. The fraction of sp³-hybridized carbons (Fsp3) is 0.345. The number of fused-ring (bicyclic) bond motifs is 1. The van der Waals surface area contributed by atoms with Crippen molar-refractivity contribution < 1.29 is 22.7 Å². The normalized spacial score (nSPS) is 12.6. The molecule has 0 aliphatic heterocycles. The zero-order valence-electron chi connectivity index (χ0n) is 22.4. The molecule has 39 heavy (non-hydrogen) atoms. The molecule has 0 bridgehead atoms. The number of carbonyl (C=O) groups is 1. The quantitative estimate of drug-likeness (QED) is 0.196. The molecule has 1 atom stereocenters. The Balaban J connectivity index is 1.36. The summed E-state index contributed by atoms with van der Waals surface area (Å²) in [6.07, 6.45) is 3.78. The molecule has 0 aliphatic carbocycles. The zero-order chi connectivity index (χ0) is 27.8. The number of rotatable bonds is 13. The molecule has 2 heterocycles. The van der Waals surface area contributed by atoms with Crippen LogP contribution in [0.1, 0.15) is 37.2 Å². The molecule has 0 fully saturated rings. The monoisotopic (exact) mass is 550 g/mol. The lowest BCUT2D eigenvalue weighted by Gasteiger charge is -2.19. The molecule has 4 rings (SSSR count). The van der Waals surface area contributed by atoms with Crippen molar-refractivity contribution in [3.05, 3.63) is 90.0 Å². The van der Waals surface area contributed by atoms with E-state index in [4.69, 9.17) is 9.47 Å². The molecule has 0 unspecified atom stereocenters. The average molecular weight is 551 g/mol. The minimum Gasteiger partial charge on any atom is -0.462 e. The number of hydrogen-bond acceptors (Lipinski definition) is 7. The summed E-state index contributed by atoms with van der Waals surface area (Å²) in [5, 5.41) is 0. The third-order valence-electron chi connectivity index (χ3n) is 6.19. The van der Waals surface area contributed by atoms with E-state index in [0.717, 1.165) is 28.0 Å². The van der Waals surface area contributed by atoms with Crippen LogP contribution in [0, 0.1) is 12.8 Å². The molecule has 4 aromatic rings. The number of benzene rings is 2. The Morgan fingerprint density at radius 2 is 1.74 bits per heavy atom. The highest BCUT2D eigenvalue weighted by molar-refractivity contribution is 7.89. The number of carbonyl (C=O) groups excluding carboxylic acids is 1. The first-order valence-corrected chi connectivity index (χ1v) is 14.4. The topological polar surface area (TPSA) is 112 Å². The van der Waals surface area contributed by atoms with Gasteiger partial charge in [-0.25, -0.2) is 13.4 Å². The summed E-state index contributed by atoms with van der Waals surface area (Å²) >= 11 is 0. The number of aryl methyl sites for hydroxylation is 1. The first-order chi connectivity index (χ1) is 18.7. The van der Waals surface area contributed by atoms with E-state index < -0.39 is 22.0 Å². The van der Waals surface area contributed by atoms with E-state index >= 15 is 0 Å². The van der Waals surface area contributed by atoms with Gasteiger partial charge in [0.2, 0.25) is 10.0 Å². The number of sulfonamides is 1. The molecule has 206 valence electrons. The smallest absolute Gasteiger partial charge is 0.324 e. The summed E-state index contributed by atoms with van der Waals surface area (Å²) in [5.74, 6) is 0.296. The Morgan fingerprint density at radius 3 is 2.46 bits per heavy atom. The van der Waals surface area contributed by atoms with Crippen molar-refractivity contribution in [2.75, 3.05) is 13.2 Å². The predicted molar refractivity (Wildman–Crippen MR) is 148 cm³/mol. The van der Waals surface area contributed by atoms with Crippen LogP contribution in [0.25, 0.3) is 11.0 Å². The number of esters is 1. The van der Waals surface area contributed by atoms with Crippen molar-refractivity contribution in [1.82, 2.24) is 19.3 Å². The second kappa shape index (κ2) is 13.0. The van der Waals surface area contributed by atoms with Crippen LogP contribution in [-0.4, -0.2) is 48.2 Å². The molecule has 2 aromatic carbocycles. The Hall–Kier alpha value is -3.60. The molecule has 10 heteroatoms. The fourth-order valence-electron chi connectivity index (χ4n) is 4.23. The van der Waals surface area contributed by atoms with Crippen molar-refractivity contribution in [2.45, 2.75) is 51.3 Å². The number of hydrogen-bond donors (Lipinski definition) is 1. The molecule has 2 aromatic heterocycles. The van der Waals surface area contributed by atoms with Gasteiger partial charge >= 0.3 is 5.97 Å². The van der Waals surface area contributed by atoms with Gasteiger partial charge in [-0.3, -0.25) is 9.78 Å². The highest BCUT2D eigenvalue weighted by atomic mass is 32.2. The summed E-state index contributed by atoms with van der Waals surface area (Å²) in [7, 11) is -3.95. The van der Waals surface area contributed by atoms with Crippen molar-refractivity contribution in [1.29, 1.82) is 0 Å². The molecular weight excluding hydrogens is 516 g/mol. The minimum atomic E-state index is -3.95. The van der Waals surface area contributed by atoms with Crippen molar-refractivity contribution in [3.8, 4) is 0 Å². The Morgan fingerprint density at radius 1 is 1.00 bits per heavy atom. The minimum absolute atomic E-state index is 0.0363. The van der Waals surface area contributed by atoms with E-state index in [0.29, 0.717) is 19.6 Å². The van der Waals surface area contributed by atoms with Gasteiger partial charge in [-0.2, -0.15) is 4.72 Å². The van der Waals surface area contributed by atoms with Gasteiger partial charge in [0.15, 0.2) is 0 Å². The van der Waals surface area contributed by atoms with E-state index in [2.05, 4.69) is 14.7 Å². The van der Waals surface area contributed by atoms with Crippen LogP contribution in [0.5, 0.6) is 0 Å². The maximum atomic E-state index is 13.2. The number of pyridine rings is 1. The van der Waals surface area contributed by atoms with Crippen LogP contribution in [0.2, 0.25) is 0 Å². The highest BCUT2D eigenvalue weighted by Gasteiger charge is 2.28. The van der Waals surface area contributed by atoms with Crippen LogP contribution >= 0.6 is 0 Å². The second-order valence-electron chi connectivity index (χ2n) is 9.76. The van der Waals surface area contributed by atoms with Gasteiger partial charge in [0.1, 0.15) is 18.5 Å². The van der Waals surface area contributed by atoms with Gasteiger partial charge in [0.05, 0.1) is 35.3 Å². The number of nitrogens with zero attached hydrogens (tertiary/aromatic N) is 3. The van der Waals surface area contributed by atoms with E-state index in [1.165, 1.54) is 0 Å². The number of aromatic nitrogens is 3. The molecule has 0 aliphatic rings. The lowest BCUT2D eigenvalue weighted by molar-refractivity contribution is -0.147. The molecule has 0 saturated carbocycles. The van der Waals surface area contributed by atoms with Crippen molar-refractivity contribution in [3.63, 3.8) is 0 Å². The molecule has 0 saturated heterocycles. The lowest BCUT2D eigenvalue weighted by Crippen LogP contribution is -2.42. The van der Waals surface area contributed by atoms with Gasteiger partial charge in [-0.1, -0.05) is 56.3 Å². The number of imidazole rings is 1. The van der Waals surface area contributed by atoms with Gasteiger partial charge in [0.25, 0.3) is 0 Å². The molecule has 1 N–H and O–H groups in total. The summed E-state index contributed by atoms with van der Waals surface area (Å²) < 4.78 is 41.8. The third-order valence-corrected chi connectivity index (χ3v) is 7.68. The number of ether oxygens (including phenoxy) is 2. The van der Waals surface area contributed by atoms with Crippen LogP contribution in [0.4, 0.5) is 0 Å². The summed E-state index contributed by atoms with van der Waals surface area (Å²) in [4.78, 5) is 21.6. The molecule has 0 spiro atoms. The Kier molecular flexibility index (Phi) is 9.45. The predicted octanol–water partition coefficient (Wildman–Crippen LogP) is 4.24. The maximum Gasteiger partial charge on any atom is 0.324 e. The summed E-state index contributed by atoms with van der Waals surface area (Å²) in [6.45, 7) is 6.94. The average Bonchev–Trinajstić information content (AvgIpc) is 3.23. The zero-order valence-corrected chi connectivity index (χ0v) is 23.2. The van der Waals surface area contributed by atoms with Crippen LogP contribution in [0.15, 0.2) is 78.0 Å². The first-order valence-electron chi connectivity index (χ1n) is 12.9. The molecule has 0 radical (unpaired) electrons. The highest BCUT2D eigenvalue weighted by Crippen LogP contribution is 2.19. The van der Waals surface area contributed by atoms with E-state index in [1.54, 1.807) is 36.7 Å². The summed E-state index contributed by atoms with van der Waals surface area (Å²) in [5.41, 5.74) is 3.70. The van der Waals surface area contributed by atoms with Gasteiger partial charge in [0, 0.05) is 12.7 Å². The maximum absolute atomic E-state index is 13.2. The molecular formula is C29H34N4O5S. The van der Waals surface area contributed by atoms with E-state index in [-0.39, 0.29) is 24.0 Å². The van der Waals surface area contributed by atoms with Crippen LogP contribution in [-0.2, 0) is 37.4 Å². The number of nitrogens with one attached hydrogen (secondary N) is 1. The van der Waals surface area contributed by atoms with E-state index in [9.17, 15) is 13.2 Å². The van der Waals surface area contributed by atoms with Crippen LogP contribution in [0.3, 0.4) is 0 Å². The standard InChI is InChI=1S/C29H34N4O5S/c1-21(2)17-27(29(34)38-16-15-37-20-24-7-5-4-6-8-24)32-39(35,36)25-11-9-23(10-12-25)19-33-22(3)31-26-13-14-30-18-28(26)33/h4-14,18,21,27,32H,15-17,19-20H2,1-3H3/t27-/m0/s1. The molecule has 0 amide bonds. The Labute approximate surface area is 229 Å². The molecule has 9 nitrogen and oxygen atoms in total. The van der Waals surface area contributed by atoms with Crippen molar-refractivity contribution >= 4 is 27.0 Å². The van der Waals surface area contributed by atoms with Gasteiger partial charge < -0.3 is 14.0 Å². The van der Waals surface area contributed by atoms with E-state index in [1.807, 2.05) is 61.7 Å². The SMILES string of the molecule is Cc1nc2ccncc2n1Cc1ccc(S(=O)(=O)N[C@@H](CC(C)C)C(=O)OCCOCc2ccccc2)cc1. The third kappa shape index (κ3) is 7.72. The Bertz CT molecular complexity index is 1490. The largest absolute Gasteiger partial charge is 0.462 e. The summed E-state index contributed by atoms with van der Waals surface area (Å²) in [6, 6.07) is 17.1. The van der Waals surface area contributed by atoms with Crippen LogP contribution < -0.4 is 4.72 Å². The van der Waals surface area contributed by atoms with Crippen molar-refractivity contribution in [2.24, 2.45) is 5.92 Å². The van der Waals surface area contributed by atoms with Gasteiger partial charge in [-0.05, 0) is 48.6 Å². The second-order valence-corrected chi connectivity index (χ2v) is 11.5. The fourth-order valence-corrected chi connectivity index (χ4v) is 5.43. The first kappa shape index (κ1) is 28.4.